The maximum atomic E-state index is 13.2. The van der Waals surface area contributed by atoms with Gasteiger partial charge in [0.05, 0.1) is 23.3 Å². The van der Waals surface area contributed by atoms with Gasteiger partial charge in [-0.3, -0.25) is 4.79 Å². The Morgan fingerprint density at radius 2 is 1.61 bits per heavy atom. The van der Waals surface area contributed by atoms with E-state index in [9.17, 15) is 18.0 Å². The monoisotopic (exact) mass is 444 g/mol. The van der Waals surface area contributed by atoms with Crippen LogP contribution in [0.5, 0.6) is 0 Å². The number of ether oxygens (including phenoxy) is 1. The second kappa shape index (κ2) is 9.20. The molecular formula is C23H28N2O5S. The number of para-hydroxylation sites is 1. The van der Waals surface area contributed by atoms with Crippen molar-refractivity contribution >= 4 is 27.6 Å². The van der Waals surface area contributed by atoms with Crippen LogP contribution in [0.3, 0.4) is 0 Å². The number of benzene rings is 2. The van der Waals surface area contributed by atoms with E-state index in [0.717, 1.165) is 16.7 Å². The predicted octanol–water partition coefficient (Wildman–Crippen LogP) is 3.44. The summed E-state index contributed by atoms with van der Waals surface area (Å²) in [5, 5.41) is 2.80. The highest BCUT2D eigenvalue weighted by molar-refractivity contribution is 7.89. The summed E-state index contributed by atoms with van der Waals surface area (Å²) in [6.07, 6.45) is 0.824. The van der Waals surface area contributed by atoms with Crippen molar-refractivity contribution in [3.05, 3.63) is 58.7 Å². The third-order valence-electron chi connectivity index (χ3n) is 5.62. The lowest BCUT2D eigenvalue weighted by Gasteiger charge is -2.31. The first kappa shape index (κ1) is 23.0. The fourth-order valence-corrected chi connectivity index (χ4v) is 6.06. The number of amides is 1. The molecule has 166 valence electrons. The molecule has 31 heavy (non-hydrogen) atoms. The van der Waals surface area contributed by atoms with Crippen LogP contribution in [-0.4, -0.2) is 44.8 Å². The first-order chi connectivity index (χ1) is 14.6. The van der Waals surface area contributed by atoms with E-state index >= 15 is 0 Å². The number of hydrogen-bond acceptors (Lipinski definition) is 5. The Labute approximate surface area is 183 Å². The van der Waals surface area contributed by atoms with Crippen LogP contribution in [0.15, 0.2) is 41.3 Å². The number of carbonyl (C=O) groups excluding carboxylic acids is 2. The molecule has 3 rings (SSSR count). The largest absolute Gasteiger partial charge is 0.465 e. The zero-order chi connectivity index (χ0) is 22.8. The normalized spacial score (nSPS) is 15.5. The topological polar surface area (TPSA) is 92.8 Å². The van der Waals surface area contributed by atoms with Gasteiger partial charge in [0.2, 0.25) is 15.9 Å². The maximum Gasteiger partial charge on any atom is 0.339 e. The number of carbonyl (C=O) groups is 2. The van der Waals surface area contributed by atoms with Crippen LogP contribution in [0.2, 0.25) is 0 Å². The van der Waals surface area contributed by atoms with Gasteiger partial charge in [-0.15, -0.1) is 0 Å². The summed E-state index contributed by atoms with van der Waals surface area (Å²) in [5.74, 6) is -1.09. The van der Waals surface area contributed by atoms with Crippen LogP contribution < -0.4 is 5.32 Å². The van der Waals surface area contributed by atoms with Crippen molar-refractivity contribution < 1.29 is 22.7 Å². The molecule has 0 saturated carbocycles. The van der Waals surface area contributed by atoms with E-state index in [1.807, 2.05) is 32.9 Å². The second-order valence-corrected chi connectivity index (χ2v) is 9.81. The average Bonchev–Trinajstić information content (AvgIpc) is 2.72. The molecule has 1 fully saturated rings. The SMILES string of the molecule is COC(=O)c1ccccc1NC(=O)C1CCN(S(=O)(=O)c2c(C)cc(C)cc2C)CC1. The van der Waals surface area contributed by atoms with Gasteiger partial charge in [0.1, 0.15) is 0 Å². The summed E-state index contributed by atoms with van der Waals surface area (Å²) in [4.78, 5) is 25.0. The minimum Gasteiger partial charge on any atom is -0.465 e. The van der Waals surface area contributed by atoms with Crippen molar-refractivity contribution in [2.75, 3.05) is 25.5 Å². The van der Waals surface area contributed by atoms with Gasteiger partial charge < -0.3 is 10.1 Å². The highest BCUT2D eigenvalue weighted by atomic mass is 32.2. The fourth-order valence-electron chi connectivity index (χ4n) is 4.18. The number of sulfonamides is 1. The van der Waals surface area contributed by atoms with E-state index in [0.29, 0.717) is 23.4 Å². The quantitative estimate of drug-likeness (QED) is 0.713. The summed E-state index contributed by atoms with van der Waals surface area (Å²) >= 11 is 0. The van der Waals surface area contributed by atoms with Crippen molar-refractivity contribution in [1.29, 1.82) is 0 Å². The molecule has 7 nitrogen and oxygen atoms in total. The van der Waals surface area contributed by atoms with Crippen LogP contribution in [-0.2, 0) is 19.6 Å². The van der Waals surface area contributed by atoms with Gasteiger partial charge in [-0.1, -0.05) is 29.8 Å². The van der Waals surface area contributed by atoms with Crippen LogP contribution in [0.4, 0.5) is 5.69 Å². The summed E-state index contributed by atoms with van der Waals surface area (Å²) in [7, 11) is -2.34. The first-order valence-electron chi connectivity index (χ1n) is 10.2. The Kier molecular flexibility index (Phi) is 6.81. The Bertz CT molecular complexity index is 1080. The zero-order valence-electron chi connectivity index (χ0n) is 18.3. The Morgan fingerprint density at radius 3 is 2.19 bits per heavy atom. The maximum absolute atomic E-state index is 13.2. The van der Waals surface area contributed by atoms with Gasteiger partial charge in [-0.2, -0.15) is 4.31 Å². The summed E-state index contributed by atoms with van der Waals surface area (Å²) in [6.45, 7) is 6.11. The Morgan fingerprint density at radius 1 is 1.03 bits per heavy atom. The van der Waals surface area contributed by atoms with E-state index in [4.69, 9.17) is 4.74 Å². The number of nitrogens with one attached hydrogen (secondary N) is 1. The molecule has 2 aromatic carbocycles. The molecule has 0 radical (unpaired) electrons. The lowest BCUT2D eigenvalue weighted by molar-refractivity contribution is -0.120. The molecule has 1 saturated heterocycles. The third kappa shape index (κ3) is 4.80. The highest BCUT2D eigenvalue weighted by Gasteiger charge is 2.34. The van der Waals surface area contributed by atoms with Gasteiger partial charge in [-0.05, 0) is 56.9 Å². The molecule has 1 aliphatic heterocycles. The number of nitrogens with zero attached hydrogens (tertiary/aromatic N) is 1. The number of rotatable bonds is 5. The van der Waals surface area contributed by atoms with Crippen LogP contribution >= 0.6 is 0 Å². The molecule has 0 aromatic heterocycles. The standard InChI is InChI=1S/C23H28N2O5S/c1-15-13-16(2)21(17(3)14-15)31(28,29)25-11-9-18(10-12-25)22(26)24-20-8-6-5-7-19(20)23(27)30-4/h5-8,13-14,18H,9-12H2,1-4H3,(H,24,26). The van der Waals surface area contributed by atoms with Gasteiger partial charge in [0.25, 0.3) is 0 Å². The highest BCUT2D eigenvalue weighted by Crippen LogP contribution is 2.29. The van der Waals surface area contributed by atoms with E-state index in [1.54, 1.807) is 24.3 Å². The minimum absolute atomic E-state index is 0.226. The predicted molar refractivity (Wildman–Crippen MR) is 119 cm³/mol. The molecule has 0 spiro atoms. The lowest BCUT2D eigenvalue weighted by Crippen LogP contribution is -2.41. The van der Waals surface area contributed by atoms with Gasteiger partial charge in [0.15, 0.2) is 0 Å². The van der Waals surface area contributed by atoms with Gasteiger partial charge >= 0.3 is 5.97 Å². The minimum atomic E-state index is -3.63. The molecule has 1 amide bonds. The van der Waals surface area contributed by atoms with Crippen LogP contribution in [0.25, 0.3) is 0 Å². The molecule has 0 bridgehead atoms. The molecule has 1 heterocycles. The number of hydrogen-bond donors (Lipinski definition) is 1. The molecular weight excluding hydrogens is 416 g/mol. The first-order valence-corrected chi connectivity index (χ1v) is 11.7. The third-order valence-corrected chi connectivity index (χ3v) is 7.82. The Balaban J connectivity index is 1.70. The molecule has 8 heteroatoms. The Hall–Kier alpha value is -2.71. The van der Waals surface area contributed by atoms with E-state index in [1.165, 1.54) is 11.4 Å². The van der Waals surface area contributed by atoms with Crippen molar-refractivity contribution in [3.63, 3.8) is 0 Å². The van der Waals surface area contributed by atoms with E-state index < -0.39 is 16.0 Å². The number of aryl methyl sites for hydroxylation is 3. The smallest absolute Gasteiger partial charge is 0.339 e. The lowest BCUT2D eigenvalue weighted by atomic mass is 9.97. The molecule has 0 atom stereocenters. The molecule has 1 aliphatic rings. The van der Waals surface area contributed by atoms with Crippen LogP contribution in [0.1, 0.15) is 39.9 Å². The number of anilines is 1. The second-order valence-electron chi connectivity index (χ2n) is 7.93. The summed E-state index contributed by atoms with van der Waals surface area (Å²) < 4.78 is 32.7. The van der Waals surface area contributed by atoms with Crippen molar-refractivity contribution in [2.24, 2.45) is 5.92 Å². The van der Waals surface area contributed by atoms with Gasteiger partial charge in [-0.25, -0.2) is 13.2 Å². The fraction of sp³-hybridized carbons (Fsp3) is 0.391. The van der Waals surface area contributed by atoms with E-state index in [-0.39, 0.29) is 30.5 Å². The number of esters is 1. The van der Waals surface area contributed by atoms with Crippen molar-refractivity contribution in [2.45, 2.75) is 38.5 Å². The molecule has 0 aliphatic carbocycles. The van der Waals surface area contributed by atoms with Gasteiger partial charge in [0, 0.05) is 19.0 Å². The van der Waals surface area contributed by atoms with Crippen molar-refractivity contribution in [3.8, 4) is 0 Å². The van der Waals surface area contributed by atoms with Crippen LogP contribution in [0, 0.1) is 26.7 Å². The average molecular weight is 445 g/mol. The number of piperidine rings is 1. The molecule has 1 N–H and O–H groups in total. The molecule has 0 unspecified atom stereocenters. The summed E-state index contributed by atoms with van der Waals surface area (Å²) in [5.41, 5.74) is 3.16. The van der Waals surface area contributed by atoms with Crippen molar-refractivity contribution in [1.82, 2.24) is 4.31 Å². The van der Waals surface area contributed by atoms with E-state index in [2.05, 4.69) is 5.32 Å². The number of methoxy groups -OCH3 is 1. The summed E-state index contributed by atoms with van der Waals surface area (Å²) in [6, 6.07) is 10.4. The zero-order valence-corrected chi connectivity index (χ0v) is 19.1. The molecule has 2 aromatic rings.